The Morgan fingerprint density at radius 3 is 1.34 bits per heavy atom. The fourth-order valence-corrected chi connectivity index (χ4v) is 8.48. The van der Waals surface area contributed by atoms with E-state index in [1.807, 2.05) is 0 Å². The Kier molecular flexibility index (Phi) is 36.4. The second-order valence-corrected chi connectivity index (χ2v) is 18.0. The third-order valence-electron chi connectivity index (χ3n) is 12.5. The highest BCUT2D eigenvalue weighted by molar-refractivity contribution is 5.89. The summed E-state index contributed by atoms with van der Waals surface area (Å²) in [6, 6.07) is -2.84. The van der Waals surface area contributed by atoms with Gasteiger partial charge in [-0.05, 0) is 12.8 Å². The molecule has 1 aliphatic rings. The van der Waals surface area contributed by atoms with Crippen molar-refractivity contribution in [1.29, 1.82) is 0 Å². The average molecular weight is 884 g/mol. The number of carbonyl (C=O) groups is 4. The lowest BCUT2D eigenvalue weighted by molar-refractivity contribution is -0.231. The summed E-state index contributed by atoms with van der Waals surface area (Å²) in [7, 11) is 0. The molecule has 1 rings (SSSR count). The molecule has 0 aliphatic carbocycles. The van der Waals surface area contributed by atoms with E-state index in [1.54, 1.807) is 0 Å². The zero-order valence-electron chi connectivity index (χ0n) is 39.4. The minimum Gasteiger partial charge on any atom is -0.481 e. The summed E-state index contributed by atoms with van der Waals surface area (Å²) in [5, 5.41) is 56.0. The number of nitrogens with one attached hydrogen (secondary N) is 2. The number of hydrogen-bond donors (Lipinski definition) is 7. The molecule has 1 saturated heterocycles. The van der Waals surface area contributed by atoms with E-state index in [0.29, 0.717) is 12.8 Å². The van der Waals surface area contributed by atoms with E-state index in [9.17, 15) is 39.6 Å². The van der Waals surface area contributed by atoms with Crippen molar-refractivity contribution in [3.8, 4) is 0 Å². The first-order valence-corrected chi connectivity index (χ1v) is 25.4. The minimum absolute atomic E-state index is 0.217. The Morgan fingerprint density at radius 2 is 0.952 bits per heavy atom. The average Bonchev–Trinajstić information content (AvgIpc) is 3.26. The van der Waals surface area contributed by atoms with E-state index in [2.05, 4.69) is 24.5 Å². The molecule has 62 heavy (non-hydrogen) atoms. The van der Waals surface area contributed by atoms with Gasteiger partial charge in [-0.3, -0.25) is 19.2 Å². The predicted molar refractivity (Wildman–Crippen MR) is 246 cm³/mol. The van der Waals surface area contributed by atoms with Crippen molar-refractivity contribution in [2.45, 2.75) is 269 Å². The molecule has 0 aromatic heterocycles. The van der Waals surface area contributed by atoms with Gasteiger partial charge in [0, 0.05) is 19.4 Å². The zero-order chi connectivity index (χ0) is 45.6. The largest absolute Gasteiger partial charge is 0.481 e. The highest BCUT2D eigenvalue weighted by Crippen LogP contribution is 2.26. The van der Waals surface area contributed by atoms with E-state index in [0.717, 1.165) is 38.5 Å². The Hall–Kier alpha value is -2.32. The smallest absolute Gasteiger partial charge is 0.303 e. The SMILES string of the molecule is CCCCCCCCCCCCCCCCCCN(C(=O)CCCCCCCCCCCCCCCCC)[C@@H]1O[C@H](CO)[C@@H](O)[C@H](O)[C@H]1NC(=O)[C@H](CO)NC(=O)CCC(=O)O. The summed E-state index contributed by atoms with van der Waals surface area (Å²) in [6.07, 6.45) is 31.0. The number of aliphatic carboxylic acids is 1. The highest BCUT2D eigenvalue weighted by Gasteiger charge is 2.48. The van der Waals surface area contributed by atoms with Gasteiger partial charge in [-0.2, -0.15) is 0 Å². The fourth-order valence-electron chi connectivity index (χ4n) is 8.48. The van der Waals surface area contributed by atoms with Crippen molar-refractivity contribution >= 4 is 23.7 Å². The number of hydrogen-bond acceptors (Lipinski definition) is 9. The second-order valence-electron chi connectivity index (χ2n) is 18.0. The van der Waals surface area contributed by atoms with Gasteiger partial charge in [0.15, 0.2) is 6.23 Å². The normalized spacial score (nSPS) is 19.3. The molecule has 1 heterocycles. The Bertz CT molecular complexity index is 1130. The van der Waals surface area contributed by atoms with Crippen LogP contribution >= 0.6 is 0 Å². The van der Waals surface area contributed by atoms with E-state index < -0.39 is 80.5 Å². The van der Waals surface area contributed by atoms with Crippen LogP contribution in [0.4, 0.5) is 0 Å². The van der Waals surface area contributed by atoms with Gasteiger partial charge in [-0.15, -0.1) is 0 Å². The van der Waals surface area contributed by atoms with E-state index >= 15 is 0 Å². The van der Waals surface area contributed by atoms with Crippen LogP contribution in [0.5, 0.6) is 0 Å². The molecule has 7 N–H and O–H groups in total. The number of unbranched alkanes of at least 4 members (excludes halogenated alkanes) is 29. The van der Waals surface area contributed by atoms with Crippen LogP contribution < -0.4 is 10.6 Å². The lowest BCUT2D eigenvalue weighted by atomic mass is 9.94. The second kappa shape index (κ2) is 39.1. The predicted octanol–water partition coefficient (Wildman–Crippen LogP) is 8.60. The third kappa shape index (κ3) is 27.8. The molecule has 3 amide bonds. The first-order valence-electron chi connectivity index (χ1n) is 25.4. The molecule has 1 aliphatic heterocycles. The third-order valence-corrected chi connectivity index (χ3v) is 12.5. The van der Waals surface area contributed by atoms with Gasteiger partial charge in [-0.1, -0.05) is 200 Å². The quantitative estimate of drug-likeness (QED) is 0.0291. The van der Waals surface area contributed by atoms with Crippen molar-refractivity contribution in [1.82, 2.24) is 15.5 Å². The molecule has 13 heteroatoms. The van der Waals surface area contributed by atoms with Gasteiger partial charge >= 0.3 is 5.97 Å². The van der Waals surface area contributed by atoms with Crippen molar-refractivity contribution in [3.05, 3.63) is 0 Å². The standard InChI is InChI=1S/C49H93N3O10/c1-3-5-7-9-11-13-15-17-19-21-23-25-27-29-31-33-37-52(43(56)34-32-30-28-26-24-22-20-18-16-14-12-10-8-6-4-2)49-45(47(60)46(59)41(39-54)62-49)51-48(61)40(38-53)50-42(55)35-36-44(57)58/h40-41,45-47,49,53-54,59-60H,3-39H2,1-2H3,(H,50,55)(H,51,61)(H,57,58)/t40-,41+,45+,46+,47+,49+/m0/s1. The van der Waals surface area contributed by atoms with Gasteiger partial charge in [0.25, 0.3) is 0 Å². The monoisotopic (exact) mass is 884 g/mol. The van der Waals surface area contributed by atoms with Crippen molar-refractivity contribution < 1.29 is 49.4 Å². The fraction of sp³-hybridized carbons (Fsp3) is 0.918. The summed E-state index contributed by atoms with van der Waals surface area (Å²) >= 11 is 0. The number of nitrogens with zero attached hydrogens (tertiary/aromatic N) is 1. The van der Waals surface area contributed by atoms with Gasteiger partial charge in [0.2, 0.25) is 17.7 Å². The molecule has 1 fully saturated rings. The van der Waals surface area contributed by atoms with Crippen LogP contribution in [0.15, 0.2) is 0 Å². The molecule has 0 aromatic carbocycles. The summed E-state index contributed by atoms with van der Waals surface area (Å²) in [6.45, 7) is 3.33. The Morgan fingerprint density at radius 1 is 0.548 bits per heavy atom. The summed E-state index contributed by atoms with van der Waals surface area (Å²) < 4.78 is 6.10. The van der Waals surface area contributed by atoms with Crippen LogP contribution in [-0.4, -0.2) is 111 Å². The first kappa shape index (κ1) is 57.7. The number of amides is 3. The Balaban J connectivity index is 2.79. The summed E-state index contributed by atoms with van der Waals surface area (Å²) in [5.41, 5.74) is 0. The lowest BCUT2D eigenvalue weighted by Gasteiger charge is -2.47. The molecule has 0 radical (unpaired) electrons. The van der Waals surface area contributed by atoms with Gasteiger partial charge < -0.3 is 45.8 Å². The van der Waals surface area contributed by atoms with Crippen molar-refractivity contribution in [2.75, 3.05) is 19.8 Å². The number of carbonyl (C=O) groups excluding carboxylic acids is 3. The molecule has 0 unspecified atom stereocenters. The van der Waals surface area contributed by atoms with E-state index in [1.165, 1.54) is 153 Å². The van der Waals surface area contributed by atoms with Crippen LogP contribution in [-0.2, 0) is 23.9 Å². The van der Waals surface area contributed by atoms with Crippen LogP contribution in [0.1, 0.15) is 232 Å². The van der Waals surface area contributed by atoms with E-state index in [4.69, 9.17) is 9.84 Å². The highest BCUT2D eigenvalue weighted by atomic mass is 16.5. The molecular formula is C49H93N3O10. The van der Waals surface area contributed by atoms with Crippen molar-refractivity contribution in [2.24, 2.45) is 0 Å². The number of ether oxygens (including phenoxy) is 1. The lowest BCUT2D eigenvalue weighted by Crippen LogP contribution is -2.70. The van der Waals surface area contributed by atoms with E-state index in [-0.39, 0.29) is 18.9 Å². The number of carboxylic acids is 1. The number of aliphatic hydroxyl groups is 4. The molecule has 13 nitrogen and oxygen atoms in total. The minimum atomic E-state index is -1.65. The van der Waals surface area contributed by atoms with Crippen LogP contribution in [0, 0.1) is 0 Å². The van der Waals surface area contributed by atoms with Crippen LogP contribution in [0.2, 0.25) is 0 Å². The molecule has 0 spiro atoms. The molecule has 6 atom stereocenters. The maximum Gasteiger partial charge on any atom is 0.303 e. The number of rotatable bonds is 42. The number of aliphatic hydroxyl groups excluding tert-OH is 4. The van der Waals surface area contributed by atoms with Crippen LogP contribution in [0.25, 0.3) is 0 Å². The van der Waals surface area contributed by atoms with Gasteiger partial charge in [0.1, 0.15) is 30.4 Å². The van der Waals surface area contributed by atoms with Crippen molar-refractivity contribution in [3.63, 3.8) is 0 Å². The maximum absolute atomic E-state index is 14.0. The maximum atomic E-state index is 14.0. The molecule has 364 valence electrons. The Labute approximate surface area is 376 Å². The molecular weight excluding hydrogens is 791 g/mol. The van der Waals surface area contributed by atoms with Crippen LogP contribution in [0.3, 0.4) is 0 Å². The molecule has 0 saturated carbocycles. The first-order chi connectivity index (χ1) is 30.1. The molecule has 0 bridgehead atoms. The number of carboxylic acid groups (broad SMARTS) is 1. The zero-order valence-corrected chi connectivity index (χ0v) is 39.4. The summed E-state index contributed by atoms with van der Waals surface area (Å²) in [5.74, 6) is -3.07. The molecule has 0 aromatic rings. The topological polar surface area (TPSA) is 206 Å². The summed E-state index contributed by atoms with van der Waals surface area (Å²) in [4.78, 5) is 52.2. The van der Waals surface area contributed by atoms with Gasteiger partial charge in [0.05, 0.1) is 19.6 Å². The van der Waals surface area contributed by atoms with Gasteiger partial charge in [-0.25, -0.2) is 0 Å².